The highest BCUT2D eigenvalue weighted by Crippen LogP contribution is 2.39. The second kappa shape index (κ2) is 4.89. The normalized spacial score (nSPS) is 17.1. The Balaban J connectivity index is 1.85. The van der Waals surface area contributed by atoms with Crippen LogP contribution in [0.5, 0.6) is 5.75 Å². The first-order valence-corrected chi connectivity index (χ1v) is 7.58. The zero-order valence-corrected chi connectivity index (χ0v) is 12.4. The number of anilines is 1. The lowest BCUT2D eigenvalue weighted by molar-refractivity contribution is 0.340. The zero-order chi connectivity index (χ0) is 13.4. The van der Waals surface area contributed by atoms with E-state index in [0.717, 1.165) is 18.8 Å². The minimum atomic E-state index is 0.414. The number of nitrogens with one attached hydrogen (secondary N) is 1. The van der Waals surface area contributed by atoms with Crippen molar-refractivity contribution in [3.63, 3.8) is 0 Å². The van der Waals surface area contributed by atoms with Crippen LogP contribution in [0.25, 0.3) is 0 Å². The number of fused-ring (bicyclic) bond motifs is 1. The minimum Gasteiger partial charge on any atom is -0.494 e. The van der Waals surface area contributed by atoms with Crippen LogP contribution in [0.4, 0.5) is 5.69 Å². The molecule has 3 rings (SSSR count). The molecule has 0 aliphatic carbocycles. The molecule has 2 heterocycles. The summed E-state index contributed by atoms with van der Waals surface area (Å²) < 4.78 is 5.57. The van der Waals surface area contributed by atoms with Gasteiger partial charge in [-0.25, -0.2) is 0 Å². The monoisotopic (exact) mass is 273 g/mol. The topological polar surface area (TPSA) is 21.3 Å². The molecule has 1 aliphatic rings. The van der Waals surface area contributed by atoms with Crippen molar-refractivity contribution in [1.29, 1.82) is 0 Å². The highest BCUT2D eigenvalue weighted by atomic mass is 32.1. The number of ether oxygens (including phenoxy) is 1. The Morgan fingerprint density at radius 2 is 2.16 bits per heavy atom. The van der Waals surface area contributed by atoms with Crippen LogP contribution in [0.1, 0.15) is 33.8 Å². The van der Waals surface area contributed by atoms with Crippen molar-refractivity contribution in [3.8, 4) is 5.75 Å². The average molecular weight is 273 g/mol. The van der Waals surface area contributed by atoms with Crippen LogP contribution in [0.15, 0.2) is 24.3 Å². The summed E-state index contributed by atoms with van der Waals surface area (Å²) in [5.74, 6) is 0.974. The molecule has 1 aliphatic heterocycles. The van der Waals surface area contributed by atoms with Crippen molar-refractivity contribution in [2.24, 2.45) is 0 Å². The predicted molar refractivity (Wildman–Crippen MR) is 81.5 cm³/mol. The summed E-state index contributed by atoms with van der Waals surface area (Å²) in [6, 6.07) is 9.07. The van der Waals surface area contributed by atoms with Crippen molar-refractivity contribution in [1.82, 2.24) is 0 Å². The predicted octanol–water partition coefficient (Wildman–Crippen LogP) is 4.47. The van der Waals surface area contributed by atoms with Gasteiger partial charge in [-0.05, 0) is 62.6 Å². The van der Waals surface area contributed by atoms with Crippen LogP contribution in [-0.4, -0.2) is 6.61 Å². The SMILES string of the molecule is CCOc1ccc2c(c1)CC(c1cc(C)sc1C)N2. The van der Waals surface area contributed by atoms with Crippen molar-refractivity contribution in [2.75, 3.05) is 11.9 Å². The molecule has 0 saturated carbocycles. The maximum Gasteiger partial charge on any atom is 0.119 e. The lowest BCUT2D eigenvalue weighted by atomic mass is 10.0. The van der Waals surface area contributed by atoms with Gasteiger partial charge in [0.1, 0.15) is 5.75 Å². The molecule has 2 aromatic rings. The summed E-state index contributed by atoms with van der Waals surface area (Å²) >= 11 is 1.88. The molecule has 2 nitrogen and oxygen atoms in total. The zero-order valence-electron chi connectivity index (χ0n) is 11.6. The summed E-state index contributed by atoms with van der Waals surface area (Å²) in [6.45, 7) is 7.13. The molecule has 3 heteroatoms. The van der Waals surface area contributed by atoms with Crippen molar-refractivity contribution >= 4 is 17.0 Å². The highest BCUT2D eigenvalue weighted by molar-refractivity contribution is 7.12. The fourth-order valence-electron chi connectivity index (χ4n) is 2.78. The summed E-state index contributed by atoms with van der Waals surface area (Å²) in [7, 11) is 0. The molecule has 100 valence electrons. The molecule has 1 unspecified atom stereocenters. The summed E-state index contributed by atoms with van der Waals surface area (Å²) in [5, 5.41) is 3.63. The van der Waals surface area contributed by atoms with E-state index in [9.17, 15) is 0 Å². The van der Waals surface area contributed by atoms with E-state index in [2.05, 4.69) is 37.4 Å². The Hall–Kier alpha value is -1.48. The first-order valence-electron chi connectivity index (χ1n) is 6.76. The van der Waals surface area contributed by atoms with Crippen molar-refractivity contribution in [2.45, 2.75) is 33.2 Å². The van der Waals surface area contributed by atoms with E-state index in [-0.39, 0.29) is 0 Å². The Kier molecular flexibility index (Phi) is 3.23. The van der Waals surface area contributed by atoms with Gasteiger partial charge in [0.05, 0.1) is 12.6 Å². The quantitative estimate of drug-likeness (QED) is 0.890. The number of rotatable bonds is 3. The third-order valence-corrected chi connectivity index (χ3v) is 4.58. The lowest BCUT2D eigenvalue weighted by Crippen LogP contribution is -2.05. The molecular formula is C16H19NOS. The molecule has 1 aromatic heterocycles. The Labute approximate surface area is 118 Å². The third kappa shape index (κ3) is 2.35. The van der Waals surface area contributed by atoms with Gasteiger partial charge in [-0.15, -0.1) is 11.3 Å². The number of hydrogen-bond donors (Lipinski definition) is 1. The van der Waals surface area contributed by atoms with E-state index >= 15 is 0 Å². The minimum absolute atomic E-state index is 0.414. The van der Waals surface area contributed by atoms with E-state index in [4.69, 9.17) is 4.74 Å². The molecule has 19 heavy (non-hydrogen) atoms. The molecule has 1 atom stereocenters. The molecule has 0 bridgehead atoms. The van der Waals surface area contributed by atoms with Crippen LogP contribution < -0.4 is 10.1 Å². The molecule has 0 radical (unpaired) electrons. The molecule has 1 N–H and O–H groups in total. The second-order valence-corrected chi connectivity index (χ2v) is 6.48. The fourth-order valence-corrected chi connectivity index (χ4v) is 3.77. The molecule has 0 fully saturated rings. The molecule has 1 aromatic carbocycles. The number of benzene rings is 1. The largest absolute Gasteiger partial charge is 0.494 e. The summed E-state index contributed by atoms with van der Waals surface area (Å²) in [6.07, 6.45) is 1.05. The van der Waals surface area contributed by atoms with Crippen molar-refractivity contribution < 1.29 is 4.74 Å². The molecule has 0 saturated heterocycles. The van der Waals surface area contributed by atoms with Crippen LogP contribution in [0.3, 0.4) is 0 Å². The molecule has 0 amide bonds. The van der Waals surface area contributed by atoms with E-state index in [0.29, 0.717) is 6.04 Å². The number of thiophene rings is 1. The van der Waals surface area contributed by atoms with Crippen LogP contribution in [-0.2, 0) is 6.42 Å². The Morgan fingerprint density at radius 1 is 1.32 bits per heavy atom. The van der Waals surface area contributed by atoms with Gasteiger partial charge >= 0.3 is 0 Å². The first-order chi connectivity index (χ1) is 9.17. The van der Waals surface area contributed by atoms with E-state index in [1.54, 1.807) is 0 Å². The van der Waals surface area contributed by atoms with Gasteiger partial charge in [0.25, 0.3) is 0 Å². The van der Waals surface area contributed by atoms with E-state index in [1.807, 2.05) is 24.3 Å². The van der Waals surface area contributed by atoms with Crippen molar-refractivity contribution in [3.05, 3.63) is 45.1 Å². The number of aryl methyl sites for hydroxylation is 2. The standard InChI is InChI=1S/C16H19NOS/c1-4-18-13-5-6-15-12(8-13)9-16(17-15)14-7-10(2)19-11(14)3/h5-8,16-17H,4,9H2,1-3H3. The molecule has 0 spiro atoms. The first kappa shape index (κ1) is 12.5. The van der Waals surface area contributed by atoms with Crippen LogP contribution >= 0.6 is 11.3 Å². The van der Waals surface area contributed by atoms with E-state index < -0.39 is 0 Å². The second-order valence-electron chi connectivity index (χ2n) is 5.02. The Morgan fingerprint density at radius 3 is 2.84 bits per heavy atom. The van der Waals surface area contributed by atoms with Gasteiger partial charge in [0, 0.05) is 15.4 Å². The van der Waals surface area contributed by atoms with E-state index in [1.165, 1.54) is 26.6 Å². The van der Waals surface area contributed by atoms with Gasteiger partial charge in [-0.2, -0.15) is 0 Å². The average Bonchev–Trinajstić information content (AvgIpc) is 2.92. The summed E-state index contributed by atoms with van der Waals surface area (Å²) in [5.41, 5.74) is 4.05. The summed E-state index contributed by atoms with van der Waals surface area (Å²) in [4.78, 5) is 2.81. The maximum atomic E-state index is 5.57. The maximum absolute atomic E-state index is 5.57. The lowest BCUT2D eigenvalue weighted by Gasteiger charge is -2.10. The third-order valence-electron chi connectivity index (χ3n) is 3.60. The van der Waals surface area contributed by atoms with Gasteiger partial charge in [0.2, 0.25) is 0 Å². The highest BCUT2D eigenvalue weighted by Gasteiger charge is 2.24. The van der Waals surface area contributed by atoms with Gasteiger partial charge in [-0.1, -0.05) is 0 Å². The van der Waals surface area contributed by atoms with Gasteiger partial charge < -0.3 is 10.1 Å². The fraction of sp³-hybridized carbons (Fsp3) is 0.375. The van der Waals surface area contributed by atoms with Gasteiger partial charge in [-0.3, -0.25) is 0 Å². The Bertz CT molecular complexity index is 603. The van der Waals surface area contributed by atoms with Gasteiger partial charge in [0.15, 0.2) is 0 Å². The van der Waals surface area contributed by atoms with Crippen LogP contribution in [0.2, 0.25) is 0 Å². The smallest absolute Gasteiger partial charge is 0.119 e. The molecular weight excluding hydrogens is 254 g/mol. The van der Waals surface area contributed by atoms with Crippen LogP contribution in [0, 0.1) is 13.8 Å². The number of hydrogen-bond acceptors (Lipinski definition) is 3.